The molecule has 13 heteroatoms. The van der Waals surface area contributed by atoms with E-state index < -0.39 is 10.0 Å². The van der Waals surface area contributed by atoms with Gasteiger partial charge in [0, 0.05) is 55.4 Å². The molecule has 3 aromatic heterocycles. The Kier molecular flexibility index (Phi) is 6.19. The topological polar surface area (TPSA) is 145 Å². The lowest BCUT2D eigenvalue weighted by Crippen LogP contribution is -2.50. The number of rotatable bonds is 5. The molecule has 0 aliphatic carbocycles. The molecule has 1 aliphatic rings. The van der Waals surface area contributed by atoms with Crippen LogP contribution in [0.15, 0.2) is 54.1 Å². The summed E-state index contributed by atoms with van der Waals surface area (Å²) in [6.07, 6.45) is 4.64. The summed E-state index contributed by atoms with van der Waals surface area (Å²) in [4.78, 5) is 33.8. The summed E-state index contributed by atoms with van der Waals surface area (Å²) in [6.45, 7) is 0.437. The maximum absolute atomic E-state index is 13.1. The summed E-state index contributed by atoms with van der Waals surface area (Å²) in [7, 11) is -3.86. The highest BCUT2D eigenvalue weighted by Crippen LogP contribution is 2.22. The lowest BCUT2D eigenvalue weighted by atomic mass is 10.1. The minimum atomic E-state index is -3.86. The van der Waals surface area contributed by atoms with Crippen molar-refractivity contribution in [3.05, 3.63) is 65.5 Å². The third kappa shape index (κ3) is 4.60. The van der Waals surface area contributed by atoms with Gasteiger partial charge in [-0.05, 0) is 35.9 Å². The average Bonchev–Trinajstić information content (AvgIpc) is 3.33. The minimum Gasteiger partial charge on any atom is -0.390 e. The molecule has 0 atom stereocenters. The zero-order valence-electron chi connectivity index (χ0n) is 18.3. The van der Waals surface area contributed by atoms with Gasteiger partial charge in [-0.3, -0.25) is 9.78 Å². The Labute approximate surface area is 205 Å². The van der Waals surface area contributed by atoms with Gasteiger partial charge in [-0.15, -0.1) is 0 Å². The number of benzene rings is 1. The number of halogens is 1. The van der Waals surface area contributed by atoms with E-state index in [2.05, 4.69) is 24.9 Å². The number of sulfonamides is 1. The van der Waals surface area contributed by atoms with Gasteiger partial charge in [-0.25, -0.2) is 23.4 Å². The van der Waals surface area contributed by atoms with Gasteiger partial charge in [0.15, 0.2) is 0 Å². The Hall–Kier alpha value is -3.45. The van der Waals surface area contributed by atoms with Crippen molar-refractivity contribution in [3.63, 3.8) is 0 Å². The van der Waals surface area contributed by atoms with Crippen LogP contribution in [0.4, 0.5) is 0 Å². The molecule has 0 bridgehead atoms. The van der Waals surface area contributed by atoms with Crippen LogP contribution in [0, 0.1) is 0 Å². The molecule has 1 aromatic carbocycles. The standard InChI is InChI=1S/C22H20ClN7O4S/c23-16-1-2-18-19(10-16)28-22(27-18)35(33,34)30-7-5-29(6-8-30)21(32)20-25-11-15(12-26-20)14-3-4-24-17(9-14)13-31/h1-4,9-12,31H,5-8,13H2,(H,27,28). The molecule has 0 spiro atoms. The number of nitrogens with zero attached hydrogens (tertiary/aromatic N) is 6. The number of nitrogens with one attached hydrogen (secondary N) is 1. The van der Waals surface area contributed by atoms with Gasteiger partial charge >= 0.3 is 0 Å². The summed E-state index contributed by atoms with van der Waals surface area (Å²) < 4.78 is 27.4. The fourth-order valence-corrected chi connectivity index (χ4v) is 5.31. The van der Waals surface area contributed by atoms with Gasteiger partial charge in [0.1, 0.15) is 0 Å². The molecule has 1 fully saturated rings. The maximum Gasteiger partial charge on any atom is 0.291 e. The van der Waals surface area contributed by atoms with Crippen LogP contribution in [0.5, 0.6) is 0 Å². The van der Waals surface area contributed by atoms with Crippen LogP contribution in [0.1, 0.15) is 16.3 Å². The van der Waals surface area contributed by atoms with Crippen molar-refractivity contribution in [3.8, 4) is 11.1 Å². The van der Waals surface area contributed by atoms with E-state index in [0.717, 1.165) is 5.56 Å². The second kappa shape index (κ2) is 9.30. The number of hydrogen-bond donors (Lipinski definition) is 2. The zero-order valence-corrected chi connectivity index (χ0v) is 19.9. The first kappa shape index (κ1) is 23.3. The van der Waals surface area contributed by atoms with Crippen molar-refractivity contribution < 1.29 is 18.3 Å². The highest BCUT2D eigenvalue weighted by molar-refractivity contribution is 7.89. The summed E-state index contributed by atoms with van der Waals surface area (Å²) in [5.41, 5.74) is 3.00. The summed E-state index contributed by atoms with van der Waals surface area (Å²) in [5, 5.41) is 9.56. The Morgan fingerprint density at radius 2 is 1.77 bits per heavy atom. The first-order valence-corrected chi connectivity index (χ1v) is 12.5. The quantitative estimate of drug-likeness (QED) is 0.410. The predicted octanol–water partition coefficient (Wildman–Crippen LogP) is 1.71. The Morgan fingerprint density at radius 3 is 2.49 bits per heavy atom. The van der Waals surface area contributed by atoms with E-state index >= 15 is 0 Å². The molecule has 180 valence electrons. The average molecular weight is 514 g/mol. The number of amides is 1. The molecular formula is C22H20ClN7O4S. The lowest BCUT2D eigenvalue weighted by Gasteiger charge is -2.33. The predicted molar refractivity (Wildman–Crippen MR) is 127 cm³/mol. The summed E-state index contributed by atoms with van der Waals surface area (Å²) >= 11 is 5.97. The molecule has 4 aromatic rings. The van der Waals surface area contributed by atoms with E-state index in [0.29, 0.717) is 27.3 Å². The molecule has 1 saturated heterocycles. The van der Waals surface area contributed by atoms with Gasteiger partial charge in [0.2, 0.25) is 11.0 Å². The monoisotopic (exact) mass is 513 g/mol. The van der Waals surface area contributed by atoms with Crippen LogP contribution < -0.4 is 0 Å². The van der Waals surface area contributed by atoms with Crippen molar-refractivity contribution in [2.45, 2.75) is 11.8 Å². The van der Waals surface area contributed by atoms with Gasteiger partial charge in [0.25, 0.3) is 15.9 Å². The number of aliphatic hydroxyl groups is 1. The largest absolute Gasteiger partial charge is 0.390 e. The van der Waals surface area contributed by atoms with Crippen molar-refractivity contribution in [1.82, 2.24) is 34.1 Å². The molecule has 4 heterocycles. The SMILES string of the molecule is O=C(c1ncc(-c2ccnc(CO)c2)cn1)N1CCN(S(=O)(=O)c2nc3cc(Cl)ccc3[nH]2)CC1. The highest BCUT2D eigenvalue weighted by atomic mass is 35.5. The lowest BCUT2D eigenvalue weighted by molar-refractivity contribution is 0.0685. The van der Waals surface area contributed by atoms with E-state index in [1.54, 1.807) is 36.5 Å². The Balaban J connectivity index is 1.26. The third-order valence-electron chi connectivity index (χ3n) is 5.69. The Morgan fingerprint density at radius 1 is 1.03 bits per heavy atom. The molecule has 11 nitrogen and oxygen atoms in total. The molecule has 0 unspecified atom stereocenters. The zero-order chi connectivity index (χ0) is 24.6. The maximum atomic E-state index is 13.1. The van der Waals surface area contributed by atoms with E-state index in [9.17, 15) is 18.3 Å². The van der Waals surface area contributed by atoms with Crippen LogP contribution in [0.25, 0.3) is 22.2 Å². The van der Waals surface area contributed by atoms with Crippen LogP contribution in [0.3, 0.4) is 0 Å². The van der Waals surface area contributed by atoms with Gasteiger partial charge < -0.3 is 15.0 Å². The molecule has 35 heavy (non-hydrogen) atoms. The molecule has 2 N–H and O–H groups in total. The second-order valence-electron chi connectivity index (χ2n) is 7.89. The molecule has 0 saturated carbocycles. The molecule has 1 aliphatic heterocycles. The van der Waals surface area contributed by atoms with Crippen molar-refractivity contribution in [1.29, 1.82) is 0 Å². The number of aliphatic hydroxyl groups excluding tert-OH is 1. The van der Waals surface area contributed by atoms with Crippen LogP contribution in [0.2, 0.25) is 5.02 Å². The van der Waals surface area contributed by atoms with E-state index in [1.807, 2.05) is 0 Å². The third-order valence-corrected chi connectivity index (χ3v) is 7.65. The van der Waals surface area contributed by atoms with E-state index in [1.165, 1.54) is 21.6 Å². The van der Waals surface area contributed by atoms with Crippen molar-refractivity contribution >= 4 is 38.6 Å². The number of carbonyl (C=O) groups excluding carboxylic acids is 1. The fourth-order valence-electron chi connectivity index (χ4n) is 3.80. The summed E-state index contributed by atoms with van der Waals surface area (Å²) in [5.74, 6) is -0.353. The normalized spacial score (nSPS) is 15.0. The number of imidazole rings is 1. The molecule has 0 radical (unpaired) electrons. The first-order chi connectivity index (χ1) is 16.8. The van der Waals surface area contributed by atoms with E-state index in [4.69, 9.17) is 11.6 Å². The van der Waals surface area contributed by atoms with E-state index in [-0.39, 0.29) is 49.7 Å². The number of carbonyl (C=O) groups is 1. The van der Waals surface area contributed by atoms with Crippen LogP contribution >= 0.6 is 11.6 Å². The number of pyridine rings is 1. The minimum absolute atomic E-state index is 0.0238. The fraction of sp³-hybridized carbons (Fsp3) is 0.227. The number of aromatic amines is 1. The van der Waals surface area contributed by atoms with Crippen molar-refractivity contribution in [2.75, 3.05) is 26.2 Å². The van der Waals surface area contributed by atoms with Gasteiger partial charge in [-0.1, -0.05) is 11.6 Å². The smallest absolute Gasteiger partial charge is 0.291 e. The summed E-state index contributed by atoms with van der Waals surface area (Å²) in [6, 6.07) is 8.40. The molecule has 1 amide bonds. The van der Waals surface area contributed by atoms with Crippen LogP contribution in [-0.2, 0) is 16.6 Å². The van der Waals surface area contributed by atoms with Gasteiger partial charge in [0.05, 0.1) is 23.3 Å². The first-order valence-electron chi connectivity index (χ1n) is 10.7. The van der Waals surface area contributed by atoms with Crippen LogP contribution in [-0.4, -0.2) is 79.7 Å². The Bertz CT molecular complexity index is 1500. The number of aromatic nitrogens is 5. The molecule has 5 rings (SSSR count). The van der Waals surface area contributed by atoms with Gasteiger partial charge in [-0.2, -0.15) is 4.31 Å². The number of H-pyrrole nitrogens is 1. The molecular weight excluding hydrogens is 494 g/mol. The number of fused-ring (bicyclic) bond motifs is 1. The number of piperazine rings is 1. The second-order valence-corrected chi connectivity index (χ2v) is 10.2. The highest BCUT2D eigenvalue weighted by Gasteiger charge is 2.33. The van der Waals surface area contributed by atoms with Crippen molar-refractivity contribution in [2.24, 2.45) is 0 Å². The number of hydrogen-bond acceptors (Lipinski definition) is 8.